The van der Waals surface area contributed by atoms with E-state index in [2.05, 4.69) is 10.3 Å². The van der Waals surface area contributed by atoms with Gasteiger partial charge in [-0.15, -0.1) is 11.3 Å². The molecule has 148 valence electrons. The quantitative estimate of drug-likeness (QED) is 0.504. The molecule has 0 saturated carbocycles. The van der Waals surface area contributed by atoms with Crippen LogP contribution in [0.4, 0.5) is 5.82 Å². The summed E-state index contributed by atoms with van der Waals surface area (Å²) in [4.78, 5) is 15.6. The maximum Gasteiger partial charge on any atom is 0.238 e. The molecule has 0 spiro atoms. The molecule has 0 atom stereocenters. The first-order valence-corrected chi connectivity index (χ1v) is 10.4. The Balaban J connectivity index is 1.44. The number of ether oxygens (including phenoxy) is 2. The third kappa shape index (κ3) is 3.28. The van der Waals surface area contributed by atoms with E-state index in [-0.39, 0.29) is 6.79 Å². The van der Waals surface area contributed by atoms with Crippen molar-refractivity contribution in [1.29, 1.82) is 0 Å². The van der Waals surface area contributed by atoms with Gasteiger partial charge in [0.25, 0.3) is 0 Å². The summed E-state index contributed by atoms with van der Waals surface area (Å²) in [6.07, 6.45) is 4.40. The Morgan fingerprint density at radius 3 is 2.90 bits per heavy atom. The number of nitrogens with one attached hydrogen (secondary N) is 1. The van der Waals surface area contributed by atoms with Gasteiger partial charge in [0, 0.05) is 23.8 Å². The number of nitrogens with zero attached hydrogens (tertiary/aromatic N) is 4. The molecule has 0 bridgehead atoms. The molecule has 1 aliphatic rings. The zero-order chi connectivity index (χ0) is 20.0. The molecular formula is C20H18ClN5O2S. The lowest BCUT2D eigenvalue weighted by atomic mass is 10.1. The number of aryl methyl sites for hydroxylation is 2. The largest absolute Gasteiger partial charge is 0.454 e. The van der Waals surface area contributed by atoms with Crippen LogP contribution in [-0.2, 0) is 6.42 Å². The number of halogens is 1. The molecule has 7 nitrogen and oxygen atoms in total. The molecule has 0 radical (unpaired) electrons. The van der Waals surface area contributed by atoms with E-state index >= 15 is 0 Å². The van der Waals surface area contributed by atoms with Crippen LogP contribution in [0, 0.1) is 13.8 Å². The van der Waals surface area contributed by atoms with Crippen LogP contribution in [-0.4, -0.2) is 32.9 Å². The van der Waals surface area contributed by atoms with Gasteiger partial charge in [0.05, 0.1) is 10.4 Å². The number of rotatable bonds is 5. The Morgan fingerprint density at radius 1 is 1.21 bits per heavy atom. The number of hydrogen-bond acceptors (Lipinski definition) is 7. The Morgan fingerprint density at radius 2 is 2.07 bits per heavy atom. The van der Waals surface area contributed by atoms with Crippen molar-refractivity contribution in [3.63, 3.8) is 0 Å². The summed E-state index contributed by atoms with van der Waals surface area (Å²) in [6, 6.07) is 6.01. The predicted molar refractivity (Wildman–Crippen MR) is 114 cm³/mol. The minimum atomic E-state index is 0.280. The van der Waals surface area contributed by atoms with Crippen molar-refractivity contribution in [3.8, 4) is 17.4 Å². The van der Waals surface area contributed by atoms with Crippen molar-refractivity contribution >= 4 is 39.0 Å². The molecule has 0 unspecified atom stereocenters. The van der Waals surface area contributed by atoms with E-state index in [4.69, 9.17) is 31.0 Å². The molecule has 0 fully saturated rings. The van der Waals surface area contributed by atoms with E-state index in [1.54, 1.807) is 17.5 Å². The standard InChI is InChI=1S/C20H18ClN5O2S/c1-11-17(21)16-18(23-6-5-13-3-4-14-15(9-13)28-10-27-14)24-20(25-19(16)29-11)26-8-7-22-12(26)2/h3-4,7-9H,5-6,10H2,1-2H3,(H,23,24,25). The van der Waals surface area contributed by atoms with Crippen LogP contribution in [0.15, 0.2) is 30.6 Å². The van der Waals surface area contributed by atoms with Gasteiger partial charge in [-0.3, -0.25) is 4.57 Å². The molecule has 4 aromatic rings. The molecule has 29 heavy (non-hydrogen) atoms. The predicted octanol–water partition coefficient (Wildman–Crippen LogP) is 4.53. The van der Waals surface area contributed by atoms with E-state index in [9.17, 15) is 0 Å². The Hall–Kier alpha value is -2.84. The summed E-state index contributed by atoms with van der Waals surface area (Å²) < 4.78 is 12.7. The van der Waals surface area contributed by atoms with Crippen molar-refractivity contribution in [1.82, 2.24) is 19.5 Å². The highest BCUT2D eigenvalue weighted by Gasteiger charge is 2.18. The summed E-state index contributed by atoms with van der Waals surface area (Å²) in [6.45, 7) is 4.89. The molecular weight excluding hydrogens is 410 g/mol. The van der Waals surface area contributed by atoms with Gasteiger partial charge in [0.15, 0.2) is 11.5 Å². The summed E-state index contributed by atoms with van der Waals surface area (Å²) >= 11 is 8.12. The van der Waals surface area contributed by atoms with Gasteiger partial charge in [0.1, 0.15) is 16.5 Å². The minimum Gasteiger partial charge on any atom is -0.454 e. The fourth-order valence-corrected chi connectivity index (χ4v) is 4.57. The van der Waals surface area contributed by atoms with Crippen molar-refractivity contribution < 1.29 is 9.47 Å². The van der Waals surface area contributed by atoms with E-state index in [1.165, 1.54) is 0 Å². The first-order valence-electron chi connectivity index (χ1n) is 9.19. The zero-order valence-corrected chi connectivity index (χ0v) is 17.5. The second-order valence-electron chi connectivity index (χ2n) is 6.73. The highest BCUT2D eigenvalue weighted by molar-refractivity contribution is 7.19. The minimum absolute atomic E-state index is 0.280. The monoisotopic (exact) mass is 427 g/mol. The van der Waals surface area contributed by atoms with Crippen molar-refractivity contribution in [2.75, 3.05) is 18.7 Å². The van der Waals surface area contributed by atoms with Gasteiger partial charge in [-0.2, -0.15) is 4.98 Å². The fraction of sp³-hybridized carbons (Fsp3) is 0.250. The fourth-order valence-electron chi connectivity index (χ4n) is 3.31. The van der Waals surface area contributed by atoms with Gasteiger partial charge in [-0.05, 0) is 38.0 Å². The van der Waals surface area contributed by atoms with Gasteiger partial charge in [-0.1, -0.05) is 17.7 Å². The second kappa shape index (κ2) is 7.20. The zero-order valence-electron chi connectivity index (χ0n) is 15.9. The lowest BCUT2D eigenvalue weighted by Gasteiger charge is -2.11. The molecule has 1 N–H and O–H groups in total. The summed E-state index contributed by atoms with van der Waals surface area (Å²) in [5.41, 5.74) is 1.16. The first-order chi connectivity index (χ1) is 14.1. The van der Waals surface area contributed by atoms with Crippen LogP contribution in [0.1, 0.15) is 16.3 Å². The van der Waals surface area contributed by atoms with Crippen LogP contribution >= 0.6 is 22.9 Å². The van der Waals surface area contributed by atoms with Crippen LogP contribution < -0.4 is 14.8 Å². The molecule has 0 amide bonds. The first kappa shape index (κ1) is 18.2. The average molecular weight is 428 g/mol. The normalized spacial score (nSPS) is 12.7. The van der Waals surface area contributed by atoms with E-state index < -0.39 is 0 Å². The number of thiophene rings is 1. The molecule has 4 heterocycles. The molecule has 1 aromatic carbocycles. The highest BCUT2D eigenvalue weighted by Crippen LogP contribution is 2.38. The maximum absolute atomic E-state index is 6.56. The third-order valence-electron chi connectivity index (χ3n) is 4.83. The van der Waals surface area contributed by atoms with Crippen molar-refractivity contribution in [3.05, 3.63) is 51.9 Å². The van der Waals surface area contributed by atoms with Gasteiger partial charge in [0.2, 0.25) is 12.7 Å². The summed E-state index contributed by atoms with van der Waals surface area (Å²) in [5, 5.41) is 5.01. The van der Waals surface area contributed by atoms with E-state index in [0.29, 0.717) is 17.5 Å². The number of imidazole rings is 1. The molecule has 1 aliphatic heterocycles. The highest BCUT2D eigenvalue weighted by atomic mass is 35.5. The Bertz CT molecular complexity index is 1220. The Labute approximate surface area is 176 Å². The summed E-state index contributed by atoms with van der Waals surface area (Å²) in [7, 11) is 0. The van der Waals surface area contributed by atoms with Gasteiger partial charge in [-0.25, -0.2) is 9.97 Å². The van der Waals surface area contributed by atoms with Crippen LogP contribution in [0.3, 0.4) is 0 Å². The summed E-state index contributed by atoms with van der Waals surface area (Å²) in [5.74, 6) is 3.72. The smallest absolute Gasteiger partial charge is 0.238 e. The number of anilines is 1. The molecule has 5 rings (SSSR count). The number of benzene rings is 1. The van der Waals surface area contributed by atoms with Crippen LogP contribution in [0.25, 0.3) is 16.2 Å². The lowest BCUT2D eigenvalue weighted by molar-refractivity contribution is 0.174. The molecule has 0 saturated heterocycles. The molecule has 9 heteroatoms. The van der Waals surface area contributed by atoms with Crippen molar-refractivity contribution in [2.45, 2.75) is 20.3 Å². The van der Waals surface area contributed by atoms with Gasteiger partial charge >= 0.3 is 0 Å². The van der Waals surface area contributed by atoms with Crippen LogP contribution in [0.2, 0.25) is 5.02 Å². The van der Waals surface area contributed by atoms with E-state index in [1.807, 2.05) is 42.8 Å². The lowest BCUT2D eigenvalue weighted by Crippen LogP contribution is -2.10. The number of hydrogen-bond donors (Lipinski definition) is 1. The topological polar surface area (TPSA) is 74.1 Å². The number of fused-ring (bicyclic) bond motifs is 2. The van der Waals surface area contributed by atoms with E-state index in [0.717, 1.165) is 50.2 Å². The van der Waals surface area contributed by atoms with Crippen molar-refractivity contribution in [2.24, 2.45) is 0 Å². The van der Waals surface area contributed by atoms with Crippen LogP contribution in [0.5, 0.6) is 11.5 Å². The maximum atomic E-state index is 6.56. The van der Waals surface area contributed by atoms with Gasteiger partial charge < -0.3 is 14.8 Å². The third-order valence-corrected chi connectivity index (χ3v) is 6.41. The molecule has 3 aromatic heterocycles. The SMILES string of the molecule is Cc1sc2nc(-n3ccnc3C)nc(NCCc3ccc4c(c3)OCO4)c2c1Cl. The second-order valence-corrected chi connectivity index (χ2v) is 8.31. The average Bonchev–Trinajstić information content (AvgIpc) is 3.41. The number of aromatic nitrogens is 4. The Kier molecular flexibility index (Phi) is 4.52. The molecule has 0 aliphatic carbocycles.